The highest BCUT2D eigenvalue weighted by atomic mass is 32.2. The third-order valence-corrected chi connectivity index (χ3v) is 2.86. The van der Waals surface area contributed by atoms with E-state index in [9.17, 15) is 0 Å². The number of hydrogen-bond donors (Lipinski definition) is 1. The number of nitrogens with zero attached hydrogens (tertiary/aromatic N) is 3. The van der Waals surface area contributed by atoms with Crippen molar-refractivity contribution in [2.24, 2.45) is 12.8 Å². The van der Waals surface area contributed by atoms with E-state index in [0.29, 0.717) is 5.25 Å². The van der Waals surface area contributed by atoms with Crippen molar-refractivity contribution in [2.75, 3.05) is 0 Å². The third-order valence-electron chi connectivity index (χ3n) is 1.68. The molecule has 0 bridgehead atoms. The average molecular weight is 200 g/mol. The minimum atomic E-state index is 0.246. The summed E-state index contributed by atoms with van der Waals surface area (Å²) < 4.78 is 1.92. The first-order valence-corrected chi connectivity index (χ1v) is 5.23. The molecule has 1 heterocycles. The molecular formula is C8H16N4S. The van der Waals surface area contributed by atoms with Crippen LogP contribution in [0.3, 0.4) is 0 Å². The fourth-order valence-corrected chi connectivity index (χ4v) is 2.20. The number of nitrogens with two attached hydrogens (primary N) is 1. The van der Waals surface area contributed by atoms with Crippen LogP contribution in [0.1, 0.15) is 20.3 Å². The number of rotatable bonds is 4. The lowest BCUT2D eigenvalue weighted by molar-refractivity contribution is 0.659. The zero-order chi connectivity index (χ0) is 9.84. The molecule has 0 amide bonds. The van der Waals surface area contributed by atoms with Gasteiger partial charge in [0, 0.05) is 18.3 Å². The van der Waals surface area contributed by atoms with Crippen LogP contribution in [-0.4, -0.2) is 26.1 Å². The Morgan fingerprint density at radius 1 is 1.62 bits per heavy atom. The molecule has 1 aromatic rings. The summed E-state index contributed by atoms with van der Waals surface area (Å²) in [4.78, 5) is 0. The van der Waals surface area contributed by atoms with Crippen molar-refractivity contribution < 1.29 is 0 Å². The predicted molar refractivity (Wildman–Crippen MR) is 54.6 cm³/mol. The van der Waals surface area contributed by atoms with Crippen LogP contribution >= 0.6 is 11.8 Å². The zero-order valence-corrected chi connectivity index (χ0v) is 9.08. The second-order valence-electron chi connectivity index (χ2n) is 3.37. The number of thioether (sulfide) groups is 1. The fraction of sp³-hybridized carbons (Fsp3) is 0.750. The molecule has 0 aliphatic heterocycles. The van der Waals surface area contributed by atoms with E-state index in [1.807, 2.05) is 18.5 Å². The molecule has 1 aromatic heterocycles. The van der Waals surface area contributed by atoms with Gasteiger partial charge in [-0.15, -0.1) is 10.2 Å². The summed E-state index contributed by atoms with van der Waals surface area (Å²) in [5.74, 6) is 0. The highest BCUT2D eigenvalue weighted by Gasteiger charge is 2.10. The molecule has 0 aromatic carbocycles. The van der Waals surface area contributed by atoms with E-state index in [4.69, 9.17) is 5.73 Å². The Morgan fingerprint density at radius 2 is 2.31 bits per heavy atom. The molecule has 0 saturated carbocycles. The first-order valence-electron chi connectivity index (χ1n) is 4.36. The Balaban J connectivity index is 2.45. The molecule has 2 unspecified atom stereocenters. The van der Waals surface area contributed by atoms with E-state index in [1.54, 1.807) is 18.1 Å². The van der Waals surface area contributed by atoms with Gasteiger partial charge < -0.3 is 10.3 Å². The van der Waals surface area contributed by atoms with Gasteiger partial charge in [-0.3, -0.25) is 0 Å². The van der Waals surface area contributed by atoms with Gasteiger partial charge in [-0.2, -0.15) is 0 Å². The molecule has 0 saturated heterocycles. The van der Waals surface area contributed by atoms with E-state index in [1.165, 1.54) is 0 Å². The molecule has 0 radical (unpaired) electrons. The lowest BCUT2D eigenvalue weighted by atomic mass is 10.2. The number of aromatic nitrogens is 3. The summed E-state index contributed by atoms with van der Waals surface area (Å²) in [5, 5.41) is 9.25. The molecule has 5 heteroatoms. The molecular weight excluding hydrogens is 184 g/mol. The predicted octanol–water partition coefficient (Wildman–Crippen LogP) is 1.03. The maximum absolute atomic E-state index is 5.70. The normalized spacial score (nSPS) is 15.7. The first kappa shape index (κ1) is 10.5. The molecule has 0 spiro atoms. The summed E-state index contributed by atoms with van der Waals surface area (Å²) in [7, 11) is 1.95. The summed E-state index contributed by atoms with van der Waals surface area (Å²) in [6, 6.07) is 0.246. The molecule has 1 rings (SSSR count). The van der Waals surface area contributed by atoms with E-state index in [0.717, 1.165) is 11.6 Å². The van der Waals surface area contributed by atoms with E-state index >= 15 is 0 Å². The molecule has 4 nitrogen and oxygen atoms in total. The van der Waals surface area contributed by atoms with Crippen LogP contribution in [0, 0.1) is 0 Å². The molecule has 74 valence electrons. The Hall–Kier alpha value is -0.550. The standard InChI is InChI=1S/C8H16N4S/c1-6(9)4-7(2)13-8-11-10-5-12(8)3/h5-7H,4,9H2,1-3H3. The van der Waals surface area contributed by atoms with Crippen molar-refractivity contribution in [3.63, 3.8) is 0 Å². The van der Waals surface area contributed by atoms with Gasteiger partial charge in [0.1, 0.15) is 6.33 Å². The third kappa shape index (κ3) is 3.36. The molecule has 13 heavy (non-hydrogen) atoms. The number of aryl methyl sites for hydroxylation is 1. The smallest absolute Gasteiger partial charge is 0.190 e. The second kappa shape index (κ2) is 4.62. The molecule has 0 aliphatic carbocycles. The highest BCUT2D eigenvalue weighted by molar-refractivity contribution is 7.99. The largest absolute Gasteiger partial charge is 0.328 e. The Kier molecular flexibility index (Phi) is 3.74. The van der Waals surface area contributed by atoms with Crippen molar-refractivity contribution in [2.45, 2.75) is 36.7 Å². The van der Waals surface area contributed by atoms with Gasteiger partial charge >= 0.3 is 0 Å². The summed E-state index contributed by atoms with van der Waals surface area (Å²) in [6.45, 7) is 4.18. The number of hydrogen-bond acceptors (Lipinski definition) is 4. The van der Waals surface area contributed by atoms with Gasteiger partial charge in [-0.1, -0.05) is 18.7 Å². The Bertz CT molecular complexity index is 258. The maximum atomic E-state index is 5.70. The quantitative estimate of drug-likeness (QED) is 0.738. The van der Waals surface area contributed by atoms with Gasteiger partial charge in [-0.25, -0.2) is 0 Å². The first-order chi connectivity index (χ1) is 6.09. The fourth-order valence-electron chi connectivity index (χ4n) is 1.13. The summed E-state index contributed by atoms with van der Waals surface area (Å²) in [6.07, 6.45) is 2.71. The molecule has 2 N–H and O–H groups in total. The van der Waals surface area contributed by atoms with Gasteiger partial charge in [-0.05, 0) is 13.3 Å². The van der Waals surface area contributed by atoms with Gasteiger partial charge in [0.15, 0.2) is 5.16 Å². The average Bonchev–Trinajstić information content (AvgIpc) is 2.34. The van der Waals surface area contributed by atoms with Crippen LogP contribution in [0.25, 0.3) is 0 Å². The van der Waals surface area contributed by atoms with Crippen molar-refractivity contribution in [3.8, 4) is 0 Å². The summed E-state index contributed by atoms with van der Waals surface area (Å²) >= 11 is 1.71. The molecule has 0 aliphatic rings. The van der Waals surface area contributed by atoms with Crippen LogP contribution in [0.15, 0.2) is 11.5 Å². The van der Waals surface area contributed by atoms with Crippen LogP contribution in [-0.2, 0) is 7.05 Å². The monoisotopic (exact) mass is 200 g/mol. The van der Waals surface area contributed by atoms with Crippen molar-refractivity contribution in [1.82, 2.24) is 14.8 Å². The molecule has 2 atom stereocenters. The second-order valence-corrected chi connectivity index (χ2v) is 4.77. The Labute approximate surface area is 82.9 Å². The summed E-state index contributed by atoms with van der Waals surface area (Å²) in [5.41, 5.74) is 5.70. The lowest BCUT2D eigenvalue weighted by Gasteiger charge is -2.12. The zero-order valence-electron chi connectivity index (χ0n) is 8.27. The SMILES string of the molecule is CC(N)CC(C)Sc1nncn1C. The highest BCUT2D eigenvalue weighted by Crippen LogP contribution is 2.22. The van der Waals surface area contributed by atoms with Crippen molar-refractivity contribution in [1.29, 1.82) is 0 Å². The van der Waals surface area contributed by atoms with Gasteiger partial charge in [0.05, 0.1) is 0 Å². The van der Waals surface area contributed by atoms with Crippen LogP contribution in [0.4, 0.5) is 0 Å². The lowest BCUT2D eigenvalue weighted by Crippen LogP contribution is -2.19. The van der Waals surface area contributed by atoms with Crippen LogP contribution in [0.2, 0.25) is 0 Å². The Morgan fingerprint density at radius 3 is 2.77 bits per heavy atom. The van der Waals surface area contributed by atoms with Gasteiger partial charge in [0.25, 0.3) is 0 Å². The molecule has 0 fully saturated rings. The topological polar surface area (TPSA) is 56.7 Å². The van der Waals surface area contributed by atoms with Crippen LogP contribution < -0.4 is 5.73 Å². The van der Waals surface area contributed by atoms with Crippen molar-refractivity contribution >= 4 is 11.8 Å². The maximum Gasteiger partial charge on any atom is 0.190 e. The van der Waals surface area contributed by atoms with Crippen molar-refractivity contribution in [3.05, 3.63) is 6.33 Å². The van der Waals surface area contributed by atoms with E-state index in [-0.39, 0.29) is 6.04 Å². The van der Waals surface area contributed by atoms with Gasteiger partial charge in [0.2, 0.25) is 0 Å². The van der Waals surface area contributed by atoms with E-state index < -0.39 is 0 Å². The minimum absolute atomic E-state index is 0.246. The van der Waals surface area contributed by atoms with E-state index in [2.05, 4.69) is 17.1 Å². The van der Waals surface area contributed by atoms with Crippen LogP contribution in [0.5, 0.6) is 0 Å². The minimum Gasteiger partial charge on any atom is -0.328 e.